The van der Waals surface area contributed by atoms with Crippen LogP contribution in [0.4, 0.5) is 18.9 Å². The number of carbonyl (C=O) groups is 5. The molecule has 0 radical (unpaired) electrons. The lowest BCUT2D eigenvalue weighted by Gasteiger charge is -2.31. The number of ether oxygens (including phenoxy) is 2. The van der Waals surface area contributed by atoms with E-state index in [0.717, 1.165) is 12.5 Å². The second kappa shape index (κ2) is 15.5. The SMILES string of the molecule is C=CCOC(=O)C[C@H](NC(=O)C1CCN(C(=O)C(=O)Nc2ccccc2C(C)(C)C)CC1)C(=O)COc1c(C)c(F)cc(F)c1F. The van der Waals surface area contributed by atoms with E-state index in [1.165, 1.54) is 11.0 Å². The molecule has 1 aliphatic heterocycles. The number of rotatable bonds is 11. The number of Topliss-reactive ketones (excluding diaryl/α,β-unsaturated/α-hetero) is 1. The van der Waals surface area contributed by atoms with Crippen LogP contribution in [0.5, 0.6) is 5.75 Å². The number of piperidine rings is 1. The van der Waals surface area contributed by atoms with Crippen molar-refractivity contribution in [3.8, 4) is 5.75 Å². The predicted octanol–water partition coefficient (Wildman–Crippen LogP) is 4.14. The summed E-state index contributed by atoms with van der Waals surface area (Å²) in [4.78, 5) is 65.5. The van der Waals surface area contributed by atoms with E-state index in [1.54, 1.807) is 12.1 Å². The zero-order chi connectivity index (χ0) is 34.2. The van der Waals surface area contributed by atoms with E-state index in [9.17, 15) is 37.1 Å². The number of esters is 1. The molecule has 2 aromatic rings. The minimum atomic E-state index is -1.51. The van der Waals surface area contributed by atoms with Gasteiger partial charge in [0.05, 0.1) is 6.42 Å². The standard InChI is InChI=1S/C33H38F3N3O7/c1-6-15-45-27(41)17-25(26(40)18-46-29-19(2)22(34)16-23(35)28(29)36)38-30(42)20-11-13-39(14-12-20)32(44)31(43)37-24-10-8-7-9-21(24)33(3,4)5/h6-10,16,20,25H,1,11-15,17-18H2,2-5H3,(H,37,43)(H,38,42)/t25-/m0/s1. The van der Waals surface area contributed by atoms with E-state index >= 15 is 0 Å². The van der Waals surface area contributed by atoms with Gasteiger partial charge in [-0.1, -0.05) is 51.6 Å². The van der Waals surface area contributed by atoms with Crippen molar-refractivity contribution in [2.45, 2.75) is 58.4 Å². The highest BCUT2D eigenvalue weighted by Gasteiger charge is 2.34. The number of nitrogens with zero attached hydrogens (tertiary/aromatic N) is 1. The molecule has 3 amide bonds. The summed E-state index contributed by atoms with van der Waals surface area (Å²) in [5.41, 5.74) is 0.733. The van der Waals surface area contributed by atoms with Gasteiger partial charge in [0, 0.05) is 36.3 Å². The first-order valence-corrected chi connectivity index (χ1v) is 14.7. The number of nitrogens with one attached hydrogen (secondary N) is 2. The lowest BCUT2D eigenvalue weighted by Crippen LogP contribution is -2.50. The summed E-state index contributed by atoms with van der Waals surface area (Å²) < 4.78 is 51.8. The molecular formula is C33H38F3N3O7. The van der Waals surface area contributed by atoms with Crippen molar-refractivity contribution in [2.24, 2.45) is 5.92 Å². The number of hydrogen-bond donors (Lipinski definition) is 2. The smallest absolute Gasteiger partial charge is 0.313 e. The Morgan fingerprint density at radius 1 is 1.07 bits per heavy atom. The molecular weight excluding hydrogens is 607 g/mol. The quantitative estimate of drug-likeness (QED) is 0.163. The number of carbonyl (C=O) groups excluding carboxylic acids is 5. The first-order chi connectivity index (χ1) is 21.6. The summed E-state index contributed by atoms with van der Waals surface area (Å²) >= 11 is 0. The Morgan fingerprint density at radius 2 is 1.72 bits per heavy atom. The molecule has 3 rings (SSSR count). The van der Waals surface area contributed by atoms with Crippen molar-refractivity contribution in [1.82, 2.24) is 10.2 Å². The van der Waals surface area contributed by atoms with Gasteiger partial charge in [0.1, 0.15) is 25.1 Å². The van der Waals surface area contributed by atoms with E-state index in [1.807, 2.05) is 32.9 Å². The fourth-order valence-corrected chi connectivity index (χ4v) is 4.90. The molecule has 2 aromatic carbocycles. The first kappa shape index (κ1) is 35.8. The molecule has 1 saturated heterocycles. The van der Waals surface area contributed by atoms with Gasteiger partial charge in [-0.05, 0) is 36.8 Å². The number of para-hydroxylation sites is 1. The van der Waals surface area contributed by atoms with Gasteiger partial charge in [-0.15, -0.1) is 0 Å². The van der Waals surface area contributed by atoms with E-state index in [-0.39, 0.29) is 43.5 Å². The molecule has 13 heteroatoms. The molecule has 0 saturated carbocycles. The number of ketones is 1. The molecule has 248 valence electrons. The van der Waals surface area contributed by atoms with Crippen LogP contribution in [0.1, 0.15) is 51.2 Å². The highest BCUT2D eigenvalue weighted by Crippen LogP contribution is 2.30. The molecule has 1 heterocycles. The lowest BCUT2D eigenvalue weighted by atomic mass is 9.86. The van der Waals surface area contributed by atoms with Crippen LogP contribution in [0.15, 0.2) is 43.0 Å². The molecule has 0 aliphatic carbocycles. The van der Waals surface area contributed by atoms with Gasteiger partial charge in [-0.3, -0.25) is 24.0 Å². The minimum Gasteiger partial charge on any atom is -0.482 e. The van der Waals surface area contributed by atoms with Crippen LogP contribution in [0, 0.1) is 30.3 Å². The highest BCUT2D eigenvalue weighted by molar-refractivity contribution is 6.39. The Morgan fingerprint density at radius 3 is 2.35 bits per heavy atom. The number of benzene rings is 2. The summed E-state index contributed by atoms with van der Waals surface area (Å²) in [6.45, 7) is 9.61. The third-order valence-corrected chi connectivity index (χ3v) is 7.49. The van der Waals surface area contributed by atoms with Crippen LogP contribution >= 0.6 is 0 Å². The Labute approximate surface area is 265 Å². The molecule has 1 atom stereocenters. The second-order valence-electron chi connectivity index (χ2n) is 11.9. The van der Waals surface area contributed by atoms with Gasteiger partial charge in [0.25, 0.3) is 0 Å². The van der Waals surface area contributed by atoms with E-state index in [2.05, 4.69) is 17.2 Å². The van der Waals surface area contributed by atoms with Crippen molar-refractivity contribution >= 4 is 35.2 Å². The molecule has 46 heavy (non-hydrogen) atoms. The maximum atomic E-state index is 14.2. The van der Waals surface area contributed by atoms with Crippen molar-refractivity contribution in [3.05, 3.63) is 71.6 Å². The molecule has 1 fully saturated rings. The van der Waals surface area contributed by atoms with Crippen LogP contribution in [0.2, 0.25) is 0 Å². The molecule has 0 bridgehead atoms. The minimum absolute atomic E-state index is 0.0814. The van der Waals surface area contributed by atoms with Crippen molar-refractivity contribution in [1.29, 1.82) is 0 Å². The summed E-state index contributed by atoms with van der Waals surface area (Å²) in [7, 11) is 0. The van der Waals surface area contributed by atoms with Gasteiger partial charge in [0.2, 0.25) is 11.7 Å². The Kier molecular flexibility index (Phi) is 12.1. The summed E-state index contributed by atoms with van der Waals surface area (Å²) in [5, 5.41) is 5.16. The summed E-state index contributed by atoms with van der Waals surface area (Å²) in [6, 6.07) is 6.05. The monoisotopic (exact) mass is 645 g/mol. The topological polar surface area (TPSA) is 131 Å². The summed E-state index contributed by atoms with van der Waals surface area (Å²) in [6.07, 6.45) is 1.02. The molecule has 0 spiro atoms. The largest absolute Gasteiger partial charge is 0.482 e. The average molecular weight is 646 g/mol. The number of hydrogen-bond acceptors (Lipinski definition) is 7. The second-order valence-corrected chi connectivity index (χ2v) is 11.9. The van der Waals surface area contributed by atoms with Crippen LogP contribution in [-0.2, 0) is 34.1 Å². The van der Waals surface area contributed by atoms with Crippen LogP contribution in [0.3, 0.4) is 0 Å². The highest BCUT2D eigenvalue weighted by atomic mass is 19.2. The maximum absolute atomic E-state index is 14.2. The normalized spacial score (nSPS) is 14.2. The maximum Gasteiger partial charge on any atom is 0.313 e. The van der Waals surface area contributed by atoms with Gasteiger partial charge in [0.15, 0.2) is 17.3 Å². The fourth-order valence-electron chi connectivity index (χ4n) is 4.90. The molecule has 2 N–H and O–H groups in total. The van der Waals surface area contributed by atoms with Crippen LogP contribution in [0.25, 0.3) is 0 Å². The lowest BCUT2D eigenvalue weighted by molar-refractivity contribution is -0.146. The van der Waals surface area contributed by atoms with Crippen molar-refractivity contribution in [3.63, 3.8) is 0 Å². The number of amides is 3. The third-order valence-electron chi connectivity index (χ3n) is 7.49. The van der Waals surface area contributed by atoms with Crippen molar-refractivity contribution in [2.75, 3.05) is 31.6 Å². The Bertz CT molecular complexity index is 1470. The summed E-state index contributed by atoms with van der Waals surface area (Å²) in [5.74, 6) is -9.49. The average Bonchev–Trinajstić information content (AvgIpc) is 3.01. The van der Waals surface area contributed by atoms with E-state index in [4.69, 9.17) is 9.47 Å². The number of halogens is 3. The van der Waals surface area contributed by atoms with Gasteiger partial charge in [-0.2, -0.15) is 4.39 Å². The van der Waals surface area contributed by atoms with E-state index < -0.39 is 77.7 Å². The molecule has 1 aliphatic rings. The van der Waals surface area contributed by atoms with Gasteiger partial charge in [-0.25, -0.2) is 8.78 Å². The third kappa shape index (κ3) is 9.18. The Hall–Kier alpha value is -4.68. The van der Waals surface area contributed by atoms with Crippen LogP contribution in [-0.4, -0.2) is 66.7 Å². The first-order valence-electron chi connectivity index (χ1n) is 14.7. The zero-order valence-corrected chi connectivity index (χ0v) is 26.2. The van der Waals surface area contributed by atoms with Crippen molar-refractivity contribution < 1.29 is 46.6 Å². The van der Waals surface area contributed by atoms with E-state index in [0.29, 0.717) is 11.8 Å². The number of likely N-dealkylation sites (tertiary alicyclic amines) is 1. The molecule has 10 nitrogen and oxygen atoms in total. The zero-order valence-electron chi connectivity index (χ0n) is 26.2. The van der Waals surface area contributed by atoms with Gasteiger partial charge < -0.3 is 25.0 Å². The number of anilines is 1. The molecule has 0 aromatic heterocycles. The Balaban J connectivity index is 1.63. The molecule has 0 unspecified atom stereocenters. The van der Waals surface area contributed by atoms with Gasteiger partial charge >= 0.3 is 17.8 Å². The van der Waals surface area contributed by atoms with Crippen LogP contribution < -0.4 is 15.4 Å². The predicted molar refractivity (Wildman–Crippen MR) is 162 cm³/mol. The fraction of sp³-hybridized carbons (Fsp3) is 0.424.